The number of nitrogens with zero attached hydrogens (tertiary/aromatic N) is 2. The van der Waals surface area contributed by atoms with Crippen molar-refractivity contribution in [2.45, 2.75) is 27.3 Å². The van der Waals surface area contributed by atoms with Gasteiger partial charge in [0, 0.05) is 22.6 Å². The molecule has 1 aliphatic heterocycles. The van der Waals surface area contributed by atoms with Gasteiger partial charge < -0.3 is 15.6 Å². The van der Waals surface area contributed by atoms with E-state index in [0.29, 0.717) is 5.56 Å². The first-order valence-electron chi connectivity index (χ1n) is 10.2. The van der Waals surface area contributed by atoms with E-state index in [-0.39, 0.29) is 18.1 Å². The molecule has 3 aromatic rings. The molecule has 2 heterocycles. The van der Waals surface area contributed by atoms with Gasteiger partial charge in [0.1, 0.15) is 5.70 Å². The van der Waals surface area contributed by atoms with Crippen LogP contribution in [0.5, 0.6) is 0 Å². The molecule has 2 aromatic carbocycles. The molecule has 162 valence electrons. The lowest BCUT2D eigenvalue weighted by atomic mass is 10.1. The summed E-state index contributed by atoms with van der Waals surface area (Å²) in [7, 11) is 0. The number of rotatable bonds is 5. The number of hydrogen-bond acceptors (Lipinski definition) is 3. The predicted molar refractivity (Wildman–Crippen MR) is 122 cm³/mol. The fraction of sp³-hybridized carbons (Fsp3) is 0.160. The Kier molecular flexibility index (Phi) is 5.40. The second kappa shape index (κ2) is 8.19. The van der Waals surface area contributed by atoms with Crippen molar-refractivity contribution in [1.82, 2.24) is 14.8 Å². The first-order chi connectivity index (χ1) is 15.2. The fourth-order valence-corrected chi connectivity index (χ4v) is 3.85. The van der Waals surface area contributed by atoms with Crippen LogP contribution in [0.15, 0.2) is 60.3 Å². The Bertz CT molecular complexity index is 1250. The van der Waals surface area contributed by atoms with Crippen LogP contribution in [0.3, 0.4) is 0 Å². The molecule has 1 fully saturated rings. The molecule has 0 radical (unpaired) electrons. The van der Waals surface area contributed by atoms with Gasteiger partial charge in [-0.2, -0.15) is 0 Å². The van der Waals surface area contributed by atoms with Crippen LogP contribution in [0.25, 0.3) is 11.8 Å². The maximum atomic E-state index is 12.9. The Morgan fingerprint density at radius 3 is 2.28 bits per heavy atom. The maximum Gasteiger partial charge on any atom is 0.329 e. The third kappa shape index (κ3) is 3.92. The number of imide groups is 1. The summed E-state index contributed by atoms with van der Waals surface area (Å²) < 4.78 is 2.02. The van der Waals surface area contributed by atoms with Crippen LogP contribution >= 0.6 is 0 Å². The highest BCUT2D eigenvalue weighted by Crippen LogP contribution is 2.25. The highest BCUT2D eigenvalue weighted by Gasteiger charge is 2.33. The second-order valence-electron chi connectivity index (χ2n) is 7.94. The van der Waals surface area contributed by atoms with Crippen molar-refractivity contribution < 1.29 is 14.4 Å². The Hall–Kier alpha value is -4.13. The topological polar surface area (TPSA) is 97.4 Å². The summed E-state index contributed by atoms with van der Waals surface area (Å²) in [4.78, 5) is 37.9. The van der Waals surface area contributed by atoms with E-state index < -0.39 is 11.9 Å². The number of carbonyl (C=O) groups is 3. The molecular formula is C25H24N4O3. The van der Waals surface area contributed by atoms with Gasteiger partial charge in [-0.1, -0.05) is 29.8 Å². The van der Waals surface area contributed by atoms with Gasteiger partial charge in [-0.05, 0) is 68.3 Å². The average molecular weight is 428 g/mol. The van der Waals surface area contributed by atoms with E-state index in [1.807, 2.05) is 67.8 Å². The minimum atomic E-state index is -0.478. The van der Waals surface area contributed by atoms with Crippen molar-refractivity contribution in [3.63, 3.8) is 0 Å². The van der Waals surface area contributed by atoms with E-state index >= 15 is 0 Å². The smallest absolute Gasteiger partial charge is 0.329 e. The van der Waals surface area contributed by atoms with E-state index in [4.69, 9.17) is 5.73 Å². The molecule has 0 aliphatic carbocycles. The van der Waals surface area contributed by atoms with Crippen molar-refractivity contribution >= 4 is 23.9 Å². The zero-order chi connectivity index (χ0) is 23.0. The van der Waals surface area contributed by atoms with Gasteiger partial charge in [0.15, 0.2) is 0 Å². The number of aromatic nitrogens is 1. The van der Waals surface area contributed by atoms with Crippen LogP contribution in [0.4, 0.5) is 4.79 Å². The highest BCUT2D eigenvalue weighted by atomic mass is 16.2. The quantitative estimate of drug-likeness (QED) is 0.480. The number of hydrogen-bond donors (Lipinski definition) is 2. The number of primary amides is 1. The molecule has 4 rings (SSSR count). The van der Waals surface area contributed by atoms with Crippen molar-refractivity contribution in [2.75, 3.05) is 0 Å². The second-order valence-corrected chi connectivity index (χ2v) is 7.94. The van der Waals surface area contributed by atoms with Gasteiger partial charge in [-0.3, -0.25) is 14.5 Å². The minimum absolute atomic E-state index is 0.216. The van der Waals surface area contributed by atoms with Crippen molar-refractivity contribution in [3.8, 4) is 5.69 Å². The minimum Gasteiger partial charge on any atom is -0.366 e. The van der Waals surface area contributed by atoms with Crippen LogP contribution in [-0.4, -0.2) is 27.3 Å². The molecule has 7 nitrogen and oxygen atoms in total. The van der Waals surface area contributed by atoms with Crippen molar-refractivity contribution in [1.29, 1.82) is 0 Å². The summed E-state index contributed by atoms with van der Waals surface area (Å²) in [5.41, 5.74) is 11.6. The Labute approximate surface area is 186 Å². The lowest BCUT2D eigenvalue weighted by Gasteiger charge is -2.12. The molecule has 1 aliphatic rings. The molecule has 0 saturated carbocycles. The van der Waals surface area contributed by atoms with Gasteiger partial charge in [-0.15, -0.1) is 0 Å². The summed E-state index contributed by atoms with van der Waals surface area (Å²) in [5, 5.41) is 2.69. The number of urea groups is 1. The molecule has 0 spiro atoms. The van der Waals surface area contributed by atoms with Gasteiger partial charge in [0.2, 0.25) is 5.91 Å². The lowest BCUT2D eigenvalue weighted by Crippen LogP contribution is -2.30. The van der Waals surface area contributed by atoms with E-state index in [0.717, 1.165) is 33.8 Å². The molecule has 7 heteroatoms. The van der Waals surface area contributed by atoms with E-state index in [9.17, 15) is 14.4 Å². The number of nitrogens with one attached hydrogen (secondary N) is 1. The standard InChI is InChI=1S/C25H24N4O3/c1-15-4-6-18(7-5-15)14-28-24(31)22(27-25(28)32)13-20-12-16(2)29(17(20)3)21-10-8-19(9-11-21)23(26)30/h4-13H,14H2,1-3H3,(H2,26,30)(H,27,32)/b22-13+. The molecule has 0 atom stereocenters. The van der Waals surface area contributed by atoms with Crippen LogP contribution in [-0.2, 0) is 11.3 Å². The van der Waals surface area contributed by atoms with Crippen LogP contribution in [0.1, 0.15) is 38.4 Å². The summed E-state index contributed by atoms with van der Waals surface area (Å²) in [6, 6.07) is 16.3. The number of amides is 4. The van der Waals surface area contributed by atoms with Crippen LogP contribution < -0.4 is 11.1 Å². The van der Waals surface area contributed by atoms with E-state index in [1.165, 1.54) is 4.90 Å². The van der Waals surface area contributed by atoms with Gasteiger partial charge in [0.05, 0.1) is 6.54 Å². The Morgan fingerprint density at radius 2 is 1.66 bits per heavy atom. The summed E-state index contributed by atoms with van der Waals surface area (Å²) in [5.74, 6) is -0.834. The van der Waals surface area contributed by atoms with Gasteiger partial charge >= 0.3 is 6.03 Å². The highest BCUT2D eigenvalue weighted by molar-refractivity contribution is 6.14. The lowest BCUT2D eigenvalue weighted by molar-refractivity contribution is -0.123. The first kappa shape index (κ1) is 21.1. The summed E-state index contributed by atoms with van der Waals surface area (Å²) in [6.07, 6.45) is 1.70. The third-order valence-corrected chi connectivity index (χ3v) is 5.60. The predicted octanol–water partition coefficient (Wildman–Crippen LogP) is 3.59. The SMILES string of the molecule is Cc1ccc(CN2C(=O)N/C(=C/c3cc(C)n(-c4ccc(C(N)=O)cc4)c3C)C2=O)cc1. The maximum absolute atomic E-state index is 12.9. The molecule has 1 aromatic heterocycles. The number of benzene rings is 2. The van der Waals surface area contributed by atoms with E-state index in [2.05, 4.69) is 5.32 Å². The molecule has 0 bridgehead atoms. The molecule has 3 N–H and O–H groups in total. The first-order valence-corrected chi connectivity index (χ1v) is 10.2. The molecule has 32 heavy (non-hydrogen) atoms. The average Bonchev–Trinajstić information content (AvgIpc) is 3.19. The van der Waals surface area contributed by atoms with Crippen molar-refractivity contribution in [2.24, 2.45) is 5.73 Å². The number of aryl methyl sites for hydroxylation is 2. The largest absolute Gasteiger partial charge is 0.366 e. The molecular weight excluding hydrogens is 404 g/mol. The van der Waals surface area contributed by atoms with Gasteiger partial charge in [0.25, 0.3) is 5.91 Å². The summed E-state index contributed by atoms with van der Waals surface area (Å²) >= 11 is 0. The Morgan fingerprint density at radius 1 is 1.00 bits per heavy atom. The zero-order valence-electron chi connectivity index (χ0n) is 18.2. The summed E-state index contributed by atoms with van der Waals surface area (Å²) in [6.45, 7) is 6.09. The Balaban J connectivity index is 1.61. The third-order valence-electron chi connectivity index (χ3n) is 5.60. The zero-order valence-corrected chi connectivity index (χ0v) is 18.2. The number of nitrogens with two attached hydrogens (primary N) is 1. The van der Waals surface area contributed by atoms with Crippen LogP contribution in [0.2, 0.25) is 0 Å². The molecule has 1 saturated heterocycles. The van der Waals surface area contributed by atoms with Gasteiger partial charge in [-0.25, -0.2) is 4.79 Å². The van der Waals surface area contributed by atoms with E-state index in [1.54, 1.807) is 18.2 Å². The monoisotopic (exact) mass is 428 g/mol. The normalized spacial score (nSPS) is 14.8. The van der Waals surface area contributed by atoms with Crippen LogP contribution in [0, 0.1) is 20.8 Å². The van der Waals surface area contributed by atoms with Crippen molar-refractivity contribution in [3.05, 3.63) is 93.9 Å². The molecule has 4 amide bonds. The fourth-order valence-electron chi connectivity index (χ4n) is 3.85. The number of carbonyl (C=O) groups excluding carboxylic acids is 3. The molecule has 0 unspecified atom stereocenters.